The maximum atomic E-state index is 12.5. The van der Waals surface area contributed by atoms with Gasteiger partial charge in [0.2, 0.25) is 0 Å². The van der Waals surface area contributed by atoms with Gasteiger partial charge in [0.1, 0.15) is 6.10 Å². The molecular formula is C14H26N2O2. The molecule has 4 atom stereocenters. The predicted octanol–water partition coefficient (Wildman–Crippen LogP) is 1.54. The number of nitrogens with one attached hydrogen (secondary N) is 1. The first-order valence-electron chi connectivity index (χ1n) is 7.35. The maximum absolute atomic E-state index is 12.5. The molecule has 104 valence electrons. The van der Waals surface area contributed by atoms with Crippen LogP contribution in [0.2, 0.25) is 0 Å². The van der Waals surface area contributed by atoms with Crippen molar-refractivity contribution in [1.82, 2.24) is 10.2 Å². The van der Waals surface area contributed by atoms with E-state index in [1.165, 1.54) is 0 Å². The Morgan fingerprint density at radius 2 is 2.11 bits per heavy atom. The number of rotatable bonds is 3. The molecule has 1 N–H and O–H groups in total. The minimum atomic E-state index is -0.190. The highest BCUT2D eigenvalue weighted by atomic mass is 16.5. The van der Waals surface area contributed by atoms with Gasteiger partial charge in [-0.2, -0.15) is 0 Å². The van der Waals surface area contributed by atoms with Crippen LogP contribution in [-0.2, 0) is 9.53 Å². The molecule has 0 saturated carbocycles. The van der Waals surface area contributed by atoms with Crippen molar-refractivity contribution < 1.29 is 9.53 Å². The minimum absolute atomic E-state index is 0.190. The SMILES string of the molecule is CCC1CN(C(=O)C2CCC(C)O2)C(CC)CN1. The molecule has 2 saturated heterocycles. The van der Waals surface area contributed by atoms with Gasteiger partial charge in [-0.05, 0) is 32.6 Å². The molecule has 1 amide bonds. The smallest absolute Gasteiger partial charge is 0.252 e. The Morgan fingerprint density at radius 1 is 1.33 bits per heavy atom. The first-order valence-corrected chi connectivity index (χ1v) is 7.35. The summed E-state index contributed by atoms with van der Waals surface area (Å²) in [5.74, 6) is 0.214. The summed E-state index contributed by atoms with van der Waals surface area (Å²) in [5.41, 5.74) is 0. The average molecular weight is 254 g/mol. The third kappa shape index (κ3) is 2.86. The van der Waals surface area contributed by atoms with E-state index in [0.29, 0.717) is 12.1 Å². The standard InChI is InChI=1S/C14H26N2O2/c1-4-11-9-16(12(5-2)8-15-11)14(17)13-7-6-10(3)18-13/h10-13,15H,4-9H2,1-3H3. The van der Waals surface area contributed by atoms with Crippen molar-refractivity contribution in [2.45, 2.75) is 70.7 Å². The first-order chi connectivity index (χ1) is 8.65. The second-order valence-corrected chi connectivity index (χ2v) is 5.58. The Hall–Kier alpha value is -0.610. The highest BCUT2D eigenvalue weighted by Crippen LogP contribution is 2.23. The van der Waals surface area contributed by atoms with E-state index >= 15 is 0 Å². The zero-order valence-electron chi connectivity index (χ0n) is 11.8. The van der Waals surface area contributed by atoms with Crippen molar-refractivity contribution in [2.75, 3.05) is 13.1 Å². The van der Waals surface area contributed by atoms with Crippen LogP contribution in [0.3, 0.4) is 0 Å². The van der Waals surface area contributed by atoms with E-state index in [0.717, 1.165) is 38.8 Å². The third-order valence-corrected chi connectivity index (χ3v) is 4.25. The topological polar surface area (TPSA) is 41.6 Å². The minimum Gasteiger partial charge on any atom is -0.365 e. The van der Waals surface area contributed by atoms with Crippen LogP contribution in [0.25, 0.3) is 0 Å². The lowest BCUT2D eigenvalue weighted by Crippen LogP contribution is -2.59. The fourth-order valence-electron chi connectivity index (χ4n) is 2.94. The lowest BCUT2D eigenvalue weighted by atomic mass is 10.0. The molecule has 0 bridgehead atoms. The predicted molar refractivity (Wildman–Crippen MR) is 71.4 cm³/mol. The summed E-state index contributed by atoms with van der Waals surface area (Å²) in [6.45, 7) is 8.13. The van der Waals surface area contributed by atoms with Gasteiger partial charge in [0, 0.05) is 25.2 Å². The monoisotopic (exact) mass is 254 g/mol. The molecular weight excluding hydrogens is 228 g/mol. The molecule has 0 spiro atoms. The molecule has 2 aliphatic rings. The van der Waals surface area contributed by atoms with Gasteiger partial charge in [0.15, 0.2) is 0 Å². The van der Waals surface area contributed by atoms with Crippen LogP contribution >= 0.6 is 0 Å². The van der Waals surface area contributed by atoms with Gasteiger partial charge < -0.3 is 15.0 Å². The van der Waals surface area contributed by atoms with E-state index in [1.807, 2.05) is 0 Å². The fraction of sp³-hybridized carbons (Fsp3) is 0.929. The molecule has 2 aliphatic heterocycles. The molecule has 0 radical (unpaired) electrons. The number of nitrogens with zero attached hydrogens (tertiary/aromatic N) is 1. The molecule has 4 unspecified atom stereocenters. The largest absolute Gasteiger partial charge is 0.365 e. The summed E-state index contributed by atoms with van der Waals surface area (Å²) in [4.78, 5) is 14.6. The van der Waals surface area contributed by atoms with Gasteiger partial charge >= 0.3 is 0 Å². The molecule has 2 rings (SSSR count). The average Bonchev–Trinajstić information content (AvgIpc) is 2.83. The molecule has 18 heavy (non-hydrogen) atoms. The second kappa shape index (κ2) is 6.02. The quantitative estimate of drug-likeness (QED) is 0.830. The second-order valence-electron chi connectivity index (χ2n) is 5.58. The summed E-state index contributed by atoms with van der Waals surface area (Å²) in [7, 11) is 0. The molecule has 0 aromatic carbocycles. The Morgan fingerprint density at radius 3 is 2.67 bits per heavy atom. The highest BCUT2D eigenvalue weighted by molar-refractivity contribution is 5.81. The number of piperazine rings is 1. The van der Waals surface area contributed by atoms with E-state index in [1.54, 1.807) is 0 Å². The van der Waals surface area contributed by atoms with Crippen LogP contribution in [0, 0.1) is 0 Å². The van der Waals surface area contributed by atoms with Crippen molar-refractivity contribution >= 4 is 5.91 Å². The molecule has 0 aliphatic carbocycles. The number of carbonyl (C=O) groups excluding carboxylic acids is 1. The highest BCUT2D eigenvalue weighted by Gasteiger charge is 2.36. The van der Waals surface area contributed by atoms with E-state index in [9.17, 15) is 4.79 Å². The summed E-state index contributed by atoms with van der Waals surface area (Å²) in [6.07, 6.45) is 4.03. The van der Waals surface area contributed by atoms with Crippen molar-refractivity contribution in [3.8, 4) is 0 Å². The normalized spacial score (nSPS) is 36.9. The summed E-state index contributed by atoms with van der Waals surface area (Å²) < 4.78 is 5.73. The fourth-order valence-corrected chi connectivity index (χ4v) is 2.94. The molecule has 2 heterocycles. The van der Waals surface area contributed by atoms with Crippen molar-refractivity contribution in [3.63, 3.8) is 0 Å². The van der Waals surface area contributed by atoms with Crippen molar-refractivity contribution in [1.29, 1.82) is 0 Å². The zero-order chi connectivity index (χ0) is 13.1. The summed E-state index contributed by atoms with van der Waals surface area (Å²) in [6, 6.07) is 0.774. The van der Waals surface area contributed by atoms with Crippen molar-refractivity contribution in [2.24, 2.45) is 0 Å². The van der Waals surface area contributed by atoms with Crippen LogP contribution in [0.5, 0.6) is 0 Å². The van der Waals surface area contributed by atoms with Crippen LogP contribution in [0.1, 0.15) is 46.5 Å². The Labute approximate surface area is 110 Å². The van der Waals surface area contributed by atoms with Gasteiger partial charge in [-0.3, -0.25) is 4.79 Å². The van der Waals surface area contributed by atoms with Gasteiger partial charge in [-0.15, -0.1) is 0 Å². The number of hydrogen-bond acceptors (Lipinski definition) is 3. The lowest BCUT2D eigenvalue weighted by Gasteiger charge is -2.41. The molecule has 2 fully saturated rings. The molecule has 4 nitrogen and oxygen atoms in total. The van der Waals surface area contributed by atoms with Gasteiger partial charge in [-0.1, -0.05) is 13.8 Å². The van der Waals surface area contributed by atoms with Crippen LogP contribution in [-0.4, -0.2) is 48.2 Å². The third-order valence-electron chi connectivity index (χ3n) is 4.25. The van der Waals surface area contributed by atoms with E-state index in [2.05, 4.69) is 31.0 Å². The Bertz CT molecular complexity index is 296. The van der Waals surface area contributed by atoms with Gasteiger partial charge in [0.25, 0.3) is 5.91 Å². The summed E-state index contributed by atoms with van der Waals surface area (Å²) >= 11 is 0. The molecule has 4 heteroatoms. The maximum Gasteiger partial charge on any atom is 0.252 e. The number of ether oxygens (including phenoxy) is 1. The number of hydrogen-bond donors (Lipinski definition) is 1. The number of amides is 1. The number of carbonyl (C=O) groups is 1. The van der Waals surface area contributed by atoms with Crippen LogP contribution in [0.4, 0.5) is 0 Å². The molecule has 0 aromatic rings. The van der Waals surface area contributed by atoms with Crippen LogP contribution < -0.4 is 5.32 Å². The van der Waals surface area contributed by atoms with Crippen LogP contribution in [0.15, 0.2) is 0 Å². The Balaban J connectivity index is 2.00. The summed E-state index contributed by atoms with van der Waals surface area (Å²) in [5, 5.41) is 3.52. The molecule has 0 aromatic heterocycles. The van der Waals surface area contributed by atoms with Gasteiger partial charge in [0.05, 0.1) is 6.10 Å². The first kappa shape index (κ1) is 13.8. The zero-order valence-corrected chi connectivity index (χ0v) is 11.8. The van der Waals surface area contributed by atoms with Gasteiger partial charge in [-0.25, -0.2) is 0 Å². The van der Waals surface area contributed by atoms with E-state index in [-0.39, 0.29) is 18.1 Å². The lowest BCUT2D eigenvalue weighted by molar-refractivity contribution is -0.146. The van der Waals surface area contributed by atoms with Crippen molar-refractivity contribution in [3.05, 3.63) is 0 Å². The van der Waals surface area contributed by atoms with E-state index < -0.39 is 0 Å². The Kier molecular flexibility index (Phi) is 4.62. The van der Waals surface area contributed by atoms with E-state index in [4.69, 9.17) is 4.74 Å².